The number of carbonyl (C=O) groups excluding carboxylic acids is 4. The lowest BCUT2D eigenvalue weighted by molar-refractivity contribution is -0.129. The molecule has 2 aromatic carbocycles. The lowest BCUT2D eigenvalue weighted by Gasteiger charge is -2.14. The van der Waals surface area contributed by atoms with Crippen LogP contribution in [-0.4, -0.2) is 41.2 Å². The zero-order chi connectivity index (χ0) is 21.7. The minimum atomic E-state index is -1.01. The molecule has 30 heavy (non-hydrogen) atoms. The zero-order valence-corrected chi connectivity index (χ0v) is 17.0. The Morgan fingerprint density at radius 3 is 2.43 bits per heavy atom. The van der Waals surface area contributed by atoms with Crippen molar-refractivity contribution < 1.29 is 23.9 Å². The minimum Gasteiger partial charge on any atom is -0.449 e. The standard InChI is InChI=1S/C23H24N2O5/c1-3-4-12-25-21(27)18-11-10-17(13-19(18)22(25)28)23(29)30-15(2)20(26)24-14-16-8-6-5-7-9-16/h5-11,13,15H,3-4,12,14H2,1-2H3,(H,24,26)/t15-/m0/s1. The second-order valence-corrected chi connectivity index (χ2v) is 7.13. The fourth-order valence-corrected chi connectivity index (χ4v) is 3.15. The van der Waals surface area contributed by atoms with Gasteiger partial charge in [-0.3, -0.25) is 19.3 Å². The third-order valence-corrected chi connectivity index (χ3v) is 4.90. The first-order valence-corrected chi connectivity index (χ1v) is 9.95. The van der Waals surface area contributed by atoms with Gasteiger partial charge in [-0.25, -0.2) is 4.79 Å². The first-order chi connectivity index (χ1) is 14.4. The Labute approximate surface area is 175 Å². The molecule has 1 aliphatic heterocycles. The molecule has 1 heterocycles. The first-order valence-electron chi connectivity index (χ1n) is 9.95. The number of unbranched alkanes of at least 4 members (excludes halogenated alkanes) is 1. The molecule has 0 saturated heterocycles. The number of amides is 3. The van der Waals surface area contributed by atoms with Gasteiger partial charge in [0, 0.05) is 13.1 Å². The van der Waals surface area contributed by atoms with Crippen molar-refractivity contribution in [1.82, 2.24) is 10.2 Å². The summed E-state index contributed by atoms with van der Waals surface area (Å²) in [7, 11) is 0. The van der Waals surface area contributed by atoms with Crippen LogP contribution in [0.1, 0.15) is 63.3 Å². The zero-order valence-electron chi connectivity index (χ0n) is 17.0. The Balaban J connectivity index is 1.62. The van der Waals surface area contributed by atoms with Gasteiger partial charge in [0.25, 0.3) is 17.7 Å². The quantitative estimate of drug-likeness (QED) is 0.536. The number of fused-ring (bicyclic) bond motifs is 1. The molecule has 1 N–H and O–H groups in total. The molecule has 0 fully saturated rings. The monoisotopic (exact) mass is 408 g/mol. The smallest absolute Gasteiger partial charge is 0.338 e. The van der Waals surface area contributed by atoms with E-state index >= 15 is 0 Å². The van der Waals surface area contributed by atoms with Crippen LogP contribution in [0.4, 0.5) is 0 Å². The Morgan fingerprint density at radius 1 is 1.03 bits per heavy atom. The Hall–Kier alpha value is -3.48. The third kappa shape index (κ3) is 4.56. The van der Waals surface area contributed by atoms with Crippen molar-refractivity contribution in [3.8, 4) is 0 Å². The molecule has 0 bridgehead atoms. The molecule has 7 nitrogen and oxygen atoms in total. The van der Waals surface area contributed by atoms with E-state index in [1.54, 1.807) is 0 Å². The van der Waals surface area contributed by atoms with Crippen LogP contribution in [0.5, 0.6) is 0 Å². The Kier molecular flexibility index (Phi) is 6.61. The Morgan fingerprint density at radius 2 is 1.73 bits per heavy atom. The Bertz CT molecular complexity index is 971. The molecule has 1 atom stereocenters. The van der Waals surface area contributed by atoms with Gasteiger partial charge >= 0.3 is 5.97 Å². The lowest BCUT2D eigenvalue weighted by atomic mass is 10.1. The summed E-state index contributed by atoms with van der Waals surface area (Å²) in [5.41, 5.74) is 1.52. The van der Waals surface area contributed by atoms with Crippen LogP contribution in [0.15, 0.2) is 48.5 Å². The predicted molar refractivity (Wildman–Crippen MR) is 110 cm³/mol. The summed E-state index contributed by atoms with van der Waals surface area (Å²) in [5.74, 6) is -1.92. The van der Waals surface area contributed by atoms with E-state index in [9.17, 15) is 19.2 Å². The third-order valence-electron chi connectivity index (χ3n) is 4.90. The molecule has 156 valence electrons. The number of carbonyl (C=O) groups is 4. The molecule has 3 rings (SSSR count). The SMILES string of the molecule is CCCCN1C(=O)c2ccc(C(=O)O[C@@H](C)C(=O)NCc3ccccc3)cc2C1=O. The van der Waals surface area contributed by atoms with E-state index in [0.717, 1.165) is 18.4 Å². The molecule has 2 aromatic rings. The van der Waals surface area contributed by atoms with E-state index in [0.29, 0.717) is 13.1 Å². The van der Waals surface area contributed by atoms with Crippen molar-refractivity contribution in [3.63, 3.8) is 0 Å². The van der Waals surface area contributed by atoms with Crippen LogP contribution < -0.4 is 5.32 Å². The van der Waals surface area contributed by atoms with Crippen LogP contribution >= 0.6 is 0 Å². The minimum absolute atomic E-state index is 0.120. The topological polar surface area (TPSA) is 92.8 Å². The molecular formula is C23H24N2O5. The average Bonchev–Trinajstić information content (AvgIpc) is 3.00. The summed E-state index contributed by atoms with van der Waals surface area (Å²) in [6.07, 6.45) is 0.568. The molecule has 0 spiro atoms. The highest BCUT2D eigenvalue weighted by Crippen LogP contribution is 2.25. The van der Waals surface area contributed by atoms with Crippen molar-refractivity contribution in [1.29, 1.82) is 0 Å². The fraction of sp³-hybridized carbons (Fsp3) is 0.304. The molecule has 0 saturated carbocycles. The lowest BCUT2D eigenvalue weighted by Crippen LogP contribution is -2.35. The maximum atomic E-state index is 12.5. The van der Waals surface area contributed by atoms with Crippen molar-refractivity contribution >= 4 is 23.7 Å². The van der Waals surface area contributed by atoms with Crippen LogP contribution in [0.2, 0.25) is 0 Å². The number of nitrogens with zero attached hydrogens (tertiary/aromatic N) is 1. The van der Waals surface area contributed by atoms with Gasteiger partial charge in [0.05, 0.1) is 16.7 Å². The number of nitrogens with one attached hydrogen (secondary N) is 1. The number of hydrogen-bond donors (Lipinski definition) is 1. The van der Waals surface area contributed by atoms with Gasteiger partial charge in [-0.15, -0.1) is 0 Å². The molecule has 0 aromatic heterocycles. The van der Waals surface area contributed by atoms with Crippen LogP contribution in [-0.2, 0) is 16.1 Å². The summed E-state index contributed by atoms with van der Waals surface area (Å²) in [5, 5.41) is 2.71. The molecule has 0 radical (unpaired) electrons. The second kappa shape index (κ2) is 9.35. The maximum Gasteiger partial charge on any atom is 0.338 e. The molecular weight excluding hydrogens is 384 g/mol. The van der Waals surface area contributed by atoms with Gasteiger partial charge in [0.15, 0.2) is 6.10 Å². The van der Waals surface area contributed by atoms with E-state index in [2.05, 4.69) is 5.32 Å². The summed E-state index contributed by atoms with van der Waals surface area (Å²) < 4.78 is 5.24. The van der Waals surface area contributed by atoms with Crippen LogP contribution in [0.25, 0.3) is 0 Å². The van der Waals surface area contributed by atoms with Gasteiger partial charge in [-0.2, -0.15) is 0 Å². The summed E-state index contributed by atoms with van der Waals surface area (Å²) in [6.45, 7) is 4.13. The number of imide groups is 1. The summed E-state index contributed by atoms with van der Waals surface area (Å²) in [4.78, 5) is 50.8. The summed E-state index contributed by atoms with van der Waals surface area (Å²) >= 11 is 0. The van der Waals surface area contributed by atoms with Crippen molar-refractivity contribution in [3.05, 3.63) is 70.8 Å². The number of benzene rings is 2. The highest BCUT2D eigenvalue weighted by molar-refractivity contribution is 6.22. The number of esters is 1. The molecule has 0 unspecified atom stereocenters. The van der Waals surface area contributed by atoms with E-state index in [4.69, 9.17) is 4.74 Å². The average molecular weight is 408 g/mol. The molecule has 7 heteroatoms. The largest absolute Gasteiger partial charge is 0.449 e. The highest BCUT2D eigenvalue weighted by atomic mass is 16.5. The van der Waals surface area contributed by atoms with E-state index in [-0.39, 0.29) is 22.6 Å². The van der Waals surface area contributed by atoms with Gasteiger partial charge < -0.3 is 10.1 Å². The van der Waals surface area contributed by atoms with E-state index in [1.165, 1.54) is 30.0 Å². The van der Waals surface area contributed by atoms with E-state index < -0.39 is 23.9 Å². The summed E-state index contributed by atoms with van der Waals surface area (Å²) in [6, 6.07) is 13.6. The normalized spacial score (nSPS) is 13.7. The fourth-order valence-electron chi connectivity index (χ4n) is 3.15. The molecule has 1 aliphatic rings. The van der Waals surface area contributed by atoms with E-state index in [1.807, 2.05) is 37.3 Å². The number of ether oxygens (including phenoxy) is 1. The first kappa shape index (κ1) is 21.2. The van der Waals surface area contributed by atoms with Gasteiger partial charge in [-0.1, -0.05) is 43.7 Å². The maximum absolute atomic E-state index is 12.5. The van der Waals surface area contributed by atoms with Crippen molar-refractivity contribution in [2.24, 2.45) is 0 Å². The van der Waals surface area contributed by atoms with Crippen LogP contribution in [0, 0.1) is 0 Å². The molecule has 0 aliphatic carbocycles. The second-order valence-electron chi connectivity index (χ2n) is 7.13. The number of hydrogen-bond acceptors (Lipinski definition) is 5. The molecule has 3 amide bonds. The number of rotatable bonds is 8. The predicted octanol–water partition coefficient (Wildman–Crippen LogP) is 2.94. The van der Waals surface area contributed by atoms with Gasteiger partial charge in [-0.05, 0) is 37.1 Å². The highest BCUT2D eigenvalue weighted by Gasteiger charge is 2.35. The van der Waals surface area contributed by atoms with Gasteiger partial charge in [0.2, 0.25) is 0 Å². The van der Waals surface area contributed by atoms with Crippen molar-refractivity contribution in [2.45, 2.75) is 39.3 Å². The van der Waals surface area contributed by atoms with Crippen molar-refractivity contribution in [2.75, 3.05) is 6.54 Å². The van der Waals surface area contributed by atoms with Crippen LogP contribution in [0.3, 0.4) is 0 Å². The van der Waals surface area contributed by atoms with Gasteiger partial charge in [0.1, 0.15) is 0 Å².